The lowest BCUT2D eigenvalue weighted by Crippen LogP contribution is -2.14. The highest BCUT2D eigenvalue weighted by atomic mass is 32.2. The number of nitrogens with one attached hydrogen (secondary N) is 1. The Morgan fingerprint density at radius 1 is 1.12 bits per heavy atom. The van der Waals surface area contributed by atoms with Gasteiger partial charge in [0.05, 0.1) is 7.11 Å². The van der Waals surface area contributed by atoms with Crippen molar-refractivity contribution in [2.75, 3.05) is 11.8 Å². The summed E-state index contributed by atoms with van der Waals surface area (Å²) in [6.07, 6.45) is 0. The smallest absolute Gasteiger partial charge is 0.265 e. The topological polar surface area (TPSA) is 99.0 Å². The van der Waals surface area contributed by atoms with Crippen LogP contribution in [0.5, 0.6) is 5.75 Å². The van der Waals surface area contributed by atoms with Crippen molar-refractivity contribution in [1.82, 2.24) is 20.2 Å². The molecule has 0 aliphatic rings. The van der Waals surface area contributed by atoms with E-state index in [0.717, 1.165) is 0 Å². The summed E-state index contributed by atoms with van der Waals surface area (Å²) in [5.74, 6) is 0.812. The predicted octanol–water partition coefficient (Wildman–Crippen LogP) is 1.69. The number of hydrogen-bond donors (Lipinski definition) is 1. The molecule has 0 atom stereocenters. The summed E-state index contributed by atoms with van der Waals surface area (Å²) >= 11 is 0. The lowest BCUT2D eigenvalue weighted by molar-refractivity contribution is 0.403. The summed E-state index contributed by atoms with van der Waals surface area (Å²) in [7, 11) is -0.649. The van der Waals surface area contributed by atoms with Gasteiger partial charge in [-0.2, -0.15) is 0 Å². The molecule has 3 rings (SSSR count). The molecule has 124 valence electrons. The first-order valence-corrected chi connectivity index (χ1v) is 8.48. The van der Waals surface area contributed by atoms with Gasteiger partial charge in [-0.15, -0.1) is 5.10 Å². The molecule has 0 spiro atoms. The van der Waals surface area contributed by atoms with Crippen molar-refractivity contribution in [2.24, 2.45) is 7.05 Å². The molecule has 0 bridgehead atoms. The van der Waals surface area contributed by atoms with Crippen molar-refractivity contribution in [3.05, 3.63) is 48.5 Å². The van der Waals surface area contributed by atoms with Crippen LogP contribution in [-0.4, -0.2) is 35.7 Å². The molecule has 9 heteroatoms. The van der Waals surface area contributed by atoms with Crippen molar-refractivity contribution in [3.63, 3.8) is 0 Å². The number of benzene rings is 2. The van der Waals surface area contributed by atoms with Crippen LogP contribution in [0.1, 0.15) is 0 Å². The zero-order chi connectivity index (χ0) is 17.2. The Balaban J connectivity index is 1.95. The van der Waals surface area contributed by atoms with E-state index in [0.29, 0.717) is 17.1 Å². The molecule has 0 aliphatic heterocycles. The van der Waals surface area contributed by atoms with E-state index < -0.39 is 10.0 Å². The Hall–Kier alpha value is -2.94. The highest BCUT2D eigenvalue weighted by Crippen LogP contribution is 2.26. The van der Waals surface area contributed by atoms with E-state index in [9.17, 15) is 8.42 Å². The van der Waals surface area contributed by atoms with Crippen LogP contribution in [0.4, 0.5) is 5.69 Å². The quantitative estimate of drug-likeness (QED) is 0.755. The number of hydrogen-bond acceptors (Lipinski definition) is 6. The number of tetrazole rings is 1. The average Bonchev–Trinajstić information content (AvgIpc) is 3.01. The maximum absolute atomic E-state index is 12.6. The van der Waals surface area contributed by atoms with Crippen LogP contribution in [0.15, 0.2) is 53.4 Å². The number of aromatic nitrogens is 4. The van der Waals surface area contributed by atoms with Gasteiger partial charge in [0.25, 0.3) is 10.0 Å². The fourth-order valence-electron chi connectivity index (χ4n) is 2.25. The van der Waals surface area contributed by atoms with Gasteiger partial charge in [0, 0.05) is 18.3 Å². The standard InChI is InChI=1S/C15H15N5O3S/c1-20-15(16-18-19-20)11-6-5-7-12(10-11)17-24(21,22)14-9-4-3-8-13(14)23-2/h3-10,17H,1-2H3. The summed E-state index contributed by atoms with van der Waals surface area (Å²) < 4.78 is 34.4. The number of aryl methyl sites for hydroxylation is 1. The zero-order valence-corrected chi connectivity index (χ0v) is 13.9. The highest BCUT2D eigenvalue weighted by Gasteiger charge is 2.19. The Bertz CT molecular complexity index is 969. The van der Waals surface area contributed by atoms with E-state index in [-0.39, 0.29) is 10.6 Å². The number of rotatable bonds is 5. The molecule has 2 aromatic carbocycles. The second-order valence-corrected chi connectivity index (χ2v) is 6.61. The molecular formula is C15H15N5O3S. The molecule has 0 amide bonds. The predicted molar refractivity (Wildman–Crippen MR) is 88.0 cm³/mol. The van der Waals surface area contributed by atoms with Gasteiger partial charge in [-0.25, -0.2) is 13.1 Å². The van der Waals surface area contributed by atoms with Crippen LogP contribution in [-0.2, 0) is 17.1 Å². The van der Waals surface area contributed by atoms with Gasteiger partial charge in [-0.1, -0.05) is 24.3 Å². The minimum absolute atomic E-state index is 0.0678. The summed E-state index contributed by atoms with van der Waals surface area (Å²) in [6.45, 7) is 0. The SMILES string of the molecule is COc1ccccc1S(=O)(=O)Nc1cccc(-c2nnnn2C)c1. The molecule has 0 unspecified atom stereocenters. The first kappa shape index (κ1) is 15.9. The maximum Gasteiger partial charge on any atom is 0.265 e. The largest absolute Gasteiger partial charge is 0.495 e. The average molecular weight is 345 g/mol. The molecule has 0 aliphatic carbocycles. The third-order valence-corrected chi connectivity index (χ3v) is 4.77. The molecule has 24 heavy (non-hydrogen) atoms. The van der Waals surface area contributed by atoms with Gasteiger partial charge >= 0.3 is 0 Å². The molecule has 1 heterocycles. The number of anilines is 1. The summed E-state index contributed by atoms with van der Waals surface area (Å²) in [5.41, 5.74) is 1.10. The fraction of sp³-hybridized carbons (Fsp3) is 0.133. The number of methoxy groups -OCH3 is 1. The third kappa shape index (κ3) is 3.06. The van der Waals surface area contributed by atoms with Crippen LogP contribution in [0.3, 0.4) is 0 Å². The normalized spacial score (nSPS) is 11.2. The Labute approximate surface area is 139 Å². The van der Waals surface area contributed by atoms with E-state index >= 15 is 0 Å². The van der Waals surface area contributed by atoms with Gasteiger partial charge < -0.3 is 4.74 Å². The minimum atomic E-state index is -3.79. The Kier molecular flexibility index (Phi) is 4.17. The highest BCUT2D eigenvalue weighted by molar-refractivity contribution is 7.92. The zero-order valence-electron chi connectivity index (χ0n) is 13.0. The monoisotopic (exact) mass is 345 g/mol. The summed E-state index contributed by atoms with van der Waals surface area (Å²) in [6, 6.07) is 13.3. The Morgan fingerprint density at radius 3 is 2.62 bits per heavy atom. The van der Waals surface area contributed by atoms with Crippen molar-refractivity contribution in [1.29, 1.82) is 0 Å². The minimum Gasteiger partial charge on any atom is -0.495 e. The van der Waals surface area contributed by atoms with Crippen LogP contribution in [0.2, 0.25) is 0 Å². The number of para-hydroxylation sites is 1. The maximum atomic E-state index is 12.6. The molecule has 3 aromatic rings. The van der Waals surface area contributed by atoms with E-state index in [4.69, 9.17) is 4.74 Å². The Morgan fingerprint density at radius 2 is 1.92 bits per heavy atom. The molecule has 0 saturated carbocycles. The van der Waals surface area contributed by atoms with Crippen LogP contribution in [0.25, 0.3) is 11.4 Å². The first-order valence-electron chi connectivity index (χ1n) is 7.00. The second kappa shape index (κ2) is 6.28. The van der Waals surface area contributed by atoms with Crippen molar-refractivity contribution >= 4 is 15.7 Å². The third-order valence-electron chi connectivity index (χ3n) is 3.35. The molecule has 1 aromatic heterocycles. The first-order chi connectivity index (χ1) is 11.5. The van der Waals surface area contributed by atoms with Crippen LogP contribution in [0, 0.1) is 0 Å². The summed E-state index contributed by atoms with van der Waals surface area (Å²) in [4.78, 5) is 0.0678. The number of sulfonamides is 1. The van der Waals surface area contributed by atoms with Crippen LogP contribution >= 0.6 is 0 Å². The molecule has 0 fully saturated rings. The molecular weight excluding hydrogens is 330 g/mol. The van der Waals surface area contributed by atoms with Gasteiger partial charge in [-0.05, 0) is 34.7 Å². The molecule has 1 N–H and O–H groups in total. The summed E-state index contributed by atoms with van der Waals surface area (Å²) in [5, 5.41) is 11.3. The van der Waals surface area contributed by atoms with Gasteiger partial charge in [-0.3, -0.25) is 4.72 Å². The van der Waals surface area contributed by atoms with E-state index in [1.54, 1.807) is 49.5 Å². The molecule has 0 radical (unpaired) electrons. The lowest BCUT2D eigenvalue weighted by atomic mass is 10.2. The van der Waals surface area contributed by atoms with Gasteiger partial charge in [0.1, 0.15) is 10.6 Å². The number of ether oxygens (including phenoxy) is 1. The van der Waals surface area contributed by atoms with Crippen molar-refractivity contribution in [2.45, 2.75) is 4.90 Å². The lowest BCUT2D eigenvalue weighted by Gasteiger charge is -2.12. The molecule has 0 saturated heterocycles. The van der Waals surface area contributed by atoms with Crippen molar-refractivity contribution in [3.8, 4) is 17.1 Å². The molecule has 8 nitrogen and oxygen atoms in total. The fourth-order valence-corrected chi connectivity index (χ4v) is 3.47. The van der Waals surface area contributed by atoms with Gasteiger partial charge in [0.2, 0.25) is 0 Å². The van der Waals surface area contributed by atoms with E-state index in [1.807, 2.05) is 0 Å². The van der Waals surface area contributed by atoms with E-state index in [2.05, 4.69) is 20.2 Å². The van der Waals surface area contributed by atoms with Crippen LogP contribution < -0.4 is 9.46 Å². The van der Waals surface area contributed by atoms with Crippen molar-refractivity contribution < 1.29 is 13.2 Å². The second-order valence-electron chi connectivity index (χ2n) is 4.96. The van der Waals surface area contributed by atoms with Gasteiger partial charge in [0.15, 0.2) is 5.82 Å². The van der Waals surface area contributed by atoms with E-state index in [1.165, 1.54) is 17.9 Å². The number of nitrogens with zero attached hydrogens (tertiary/aromatic N) is 4.